The SMILES string of the molecule is CCCCC/C=C/C/C=C/CCCCCCCC(=O)OC[C@@H](COC(=O)CCC(OCCCCCCCC)OCCCCCCCC)COC(=O)CCN(C)C. The summed E-state index contributed by atoms with van der Waals surface area (Å²) in [5.74, 6) is -1.43. The number of carbonyl (C=O) groups is 3. The second-order valence-electron chi connectivity index (χ2n) is 15.7. The Bertz CT molecular complexity index is 934. The van der Waals surface area contributed by atoms with Gasteiger partial charge in [-0.1, -0.05) is 141 Å². The van der Waals surface area contributed by atoms with Gasteiger partial charge in [-0.05, 0) is 65.5 Å². The molecule has 0 aromatic carbocycles. The number of carbonyl (C=O) groups excluding carboxylic acids is 3. The van der Waals surface area contributed by atoms with Gasteiger partial charge in [0.2, 0.25) is 0 Å². The van der Waals surface area contributed by atoms with Crippen LogP contribution in [-0.2, 0) is 38.1 Å². The predicted octanol–water partition coefficient (Wildman–Crippen LogP) is 11.9. The van der Waals surface area contributed by atoms with Crippen molar-refractivity contribution in [1.29, 1.82) is 0 Å². The van der Waals surface area contributed by atoms with Crippen LogP contribution in [-0.4, -0.2) is 82.8 Å². The molecule has 0 fully saturated rings. The summed E-state index contributed by atoms with van der Waals surface area (Å²) in [4.78, 5) is 39.7. The van der Waals surface area contributed by atoms with E-state index in [1.165, 1.54) is 77.0 Å². The van der Waals surface area contributed by atoms with Gasteiger partial charge in [0.25, 0.3) is 0 Å². The summed E-state index contributed by atoms with van der Waals surface area (Å²) in [5.41, 5.74) is 0. The first-order chi connectivity index (χ1) is 27.3. The normalized spacial score (nSPS) is 12.3. The van der Waals surface area contributed by atoms with Crippen LogP contribution in [0.5, 0.6) is 0 Å². The fourth-order valence-electron chi connectivity index (χ4n) is 6.03. The van der Waals surface area contributed by atoms with E-state index in [-0.39, 0.29) is 50.6 Å². The molecule has 0 aliphatic rings. The molecule has 0 aromatic rings. The van der Waals surface area contributed by atoms with Crippen molar-refractivity contribution in [1.82, 2.24) is 4.90 Å². The van der Waals surface area contributed by atoms with Gasteiger partial charge in [0.15, 0.2) is 6.29 Å². The van der Waals surface area contributed by atoms with E-state index >= 15 is 0 Å². The molecular formula is C47H87NO8. The minimum atomic E-state index is -0.447. The van der Waals surface area contributed by atoms with E-state index in [2.05, 4.69) is 45.1 Å². The third-order valence-electron chi connectivity index (χ3n) is 9.72. The molecule has 9 nitrogen and oxygen atoms in total. The van der Waals surface area contributed by atoms with Crippen LogP contribution in [0.1, 0.15) is 194 Å². The summed E-state index contributed by atoms with van der Waals surface area (Å²) in [6.07, 6.45) is 36.3. The number of esters is 3. The summed E-state index contributed by atoms with van der Waals surface area (Å²) in [6, 6.07) is 0. The third kappa shape index (κ3) is 40.0. The zero-order valence-corrected chi connectivity index (χ0v) is 37.0. The van der Waals surface area contributed by atoms with Gasteiger partial charge in [-0.3, -0.25) is 14.4 Å². The van der Waals surface area contributed by atoms with Crippen LogP contribution in [0.4, 0.5) is 0 Å². The average molecular weight is 794 g/mol. The zero-order chi connectivity index (χ0) is 41.2. The van der Waals surface area contributed by atoms with Gasteiger partial charge in [0.1, 0.15) is 19.8 Å². The quantitative estimate of drug-likeness (QED) is 0.0196. The Balaban J connectivity index is 4.68. The molecule has 9 heteroatoms. The molecule has 0 amide bonds. The minimum absolute atomic E-state index is 0.00132. The van der Waals surface area contributed by atoms with Crippen LogP contribution in [0.15, 0.2) is 24.3 Å². The van der Waals surface area contributed by atoms with Crippen molar-refractivity contribution in [3.05, 3.63) is 24.3 Å². The van der Waals surface area contributed by atoms with Crippen molar-refractivity contribution in [2.24, 2.45) is 5.92 Å². The van der Waals surface area contributed by atoms with Crippen molar-refractivity contribution in [3.8, 4) is 0 Å². The number of allylic oxidation sites excluding steroid dienone is 4. The lowest BCUT2D eigenvalue weighted by atomic mass is 10.1. The Labute approximate surface area is 344 Å². The van der Waals surface area contributed by atoms with Gasteiger partial charge in [-0.15, -0.1) is 0 Å². The maximum absolute atomic E-state index is 12.9. The van der Waals surface area contributed by atoms with E-state index in [9.17, 15) is 14.4 Å². The monoisotopic (exact) mass is 794 g/mol. The Morgan fingerprint density at radius 1 is 0.482 bits per heavy atom. The van der Waals surface area contributed by atoms with Gasteiger partial charge in [-0.25, -0.2) is 0 Å². The highest BCUT2D eigenvalue weighted by Crippen LogP contribution is 2.14. The van der Waals surface area contributed by atoms with Crippen LogP contribution in [0.3, 0.4) is 0 Å². The van der Waals surface area contributed by atoms with Gasteiger partial charge in [0.05, 0.1) is 18.8 Å². The van der Waals surface area contributed by atoms with Crippen molar-refractivity contribution < 1.29 is 38.1 Å². The van der Waals surface area contributed by atoms with E-state index in [1.807, 2.05) is 19.0 Å². The highest BCUT2D eigenvalue weighted by molar-refractivity contribution is 5.70. The molecule has 1 atom stereocenters. The maximum Gasteiger partial charge on any atom is 0.307 e. The molecule has 0 N–H and O–H groups in total. The molecule has 0 rings (SSSR count). The van der Waals surface area contributed by atoms with E-state index in [1.54, 1.807) is 0 Å². The summed E-state index contributed by atoms with van der Waals surface area (Å²) in [6.45, 7) is 8.52. The number of hydrogen-bond donors (Lipinski definition) is 0. The molecule has 0 heterocycles. The number of ether oxygens (including phenoxy) is 5. The van der Waals surface area contributed by atoms with Gasteiger partial charge in [-0.2, -0.15) is 0 Å². The lowest BCUT2D eigenvalue weighted by Crippen LogP contribution is -2.27. The number of nitrogens with zero attached hydrogens (tertiary/aromatic N) is 1. The molecular weight excluding hydrogens is 707 g/mol. The predicted molar refractivity (Wildman–Crippen MR) is 231 cm³/mol. The highest BCUT2D eigenvalue weighted by atomic mass is 16.7. The smallest absolute Gasteiger partial charge is 0.307 e. The van der Waals surface area contributed by atoms with Gasteiger partial charge < -0.3 is 28.6 Å². The summed E-state index contributed by atoms with van der Waals surface area (Å²) >= 11 is 0. The van der Waals surface area contributed by atoms with Crippen molar-refractivity contribution in [2.45, 2.75) is 200 Å². The summed E-state index contributed by atoms with van der Waals surface area (Å²) < 4.78 is 28.8. The Morgan fingerprint density at radius 2 is 0.893 bits per heavy atom. The van der Waals surface area contributed by atoms with Crippen LogP contribution < -0.4 is 0 Å². The molecule has 0 radical (unpaired) electrons. The van der Waals surface area contributed by atoms with Crippen molar-refractivity contribution in [2.75, 3.05) is 53.7 Å². The van der Waals surface area contributed by atoms with Crippen molar-refractivity contribution in [3.63, 3.8) is 0 Å². The topological polar surface area (TPSA) is 101 Å². The molecule has 0 spiro atoms. The van der Waals surface area contributed by atoms with Gasteiger partial charge in [0, 0.05) is 32.6 Å². The molecule has 0 saturated carbocycles. The molecule has 0 aliphatic heterocycles. The van der Waals surface area contributed by atoms with E-state index in [4.69, 9.17) is 23.7 Å². The summed E-state index contributed by atoms with van der Waals surface area (Å²) in [5, 5.41) is 0. The first-order valence-corrected chi connectivity index (χ1v) is 23.0. The van der Waals surface area contributed by atoms with E-state index in [0.29, 0.717) is 32.6 Å². The fourth-order valence-corrected chi connectivity index (χ4v) is 6.03. The minimum Gasteiger partial charge on any atom is -0.465 e. The molecule has 0 aliphatic carbocycles. The van der Waals surface area contributed by atoms with Crippen LogP contribution >= 0.6 is 0 Å². The number of rotatable bonds is 42. The maximum atomic E-state index is 12.9. The molecule has 0 unspecified atom stereocenters. The lowest BCUT2D eigenvalue weighted by molar-refractivity contribution is -0.162. The first-order valence-electron chi connectivity index (χ1n) is 23.0. The Hall–Kier alpha value is -2.23. The first kappa shape index (κ1) is 53.8. The van der Waals surface area contributed by atoms with Crippen LogP contribution in [0.2, 0.25) is 0 Å². The summed E-state index contributed by atoms with van der Waals surface area (Å²) in [7, 11) is 3.79. The van der Waals surface area contributed by atoms with Crippen molar-refractivity contribution >= 4 is 17.9 Å². The second kappa shape index (κ2) is 42.4. The molecule has 0 saturated heterocycles. The van der Waals surface area contributed by atoms with Crippen LogP contribution in [0.25, 0.3) is 0 Å². The molecule has 328 valence electrons. The van der Waals surface area contributed by atoms with Crippen LogP contribution in [0, 0.1) is 5.92 Å². The standard InChI is InChI=1S/C47H87NO8/c1-6-9-12-15-18-19-20-21-22-23-24-25-26-27-30-33-44(49)54-40-43(42-56-46(51)36-37-48(4)5)41-55-45(50)34-35-47(52-38-31-28-16-13-10-7-2)53-39-32-29-17-14-11-8-3/h18-19,21-22,43,47H,6-17,20,23-42H2,1-5H3/b19-18+,22-21+/t43-/m0/s1. The number of unbranched alkanes of at least 4 members (excludes halogenated alkanes) is 18. The zero-order valence-electron chi connectivity index (χ0n) is 37.0. The third-order valence-corrected chi connectivity index (χ3v) is 9.72. The molecule has 0 aromatic heterocycles. The fraction of sp³-hybridized carbons (Fsp3) is 0.851. The average Bonchev–Trinajstić information content (AvgIpc) is 3.19. The Kier molecular flexibility index (Phi) is 40.7. The lowest BCUT2D eigenvalue weighted by Gasteiger charge is -2.20. The second-order valence-corrected chi connectivity index (χ2v) is 15.7. The largest absolute Gasteiger partial charge is 0.465 e. The Morgan fingerprint density at radius 3 is 1.41 bits per heavy atom. The highest BCUT2D eigenvalue weighted by Gasteiger charge is 2.19. The van der Waals surface area contributed by atoms with E-state index < -0.39 is 12.2 Å². The molecule has 0 bridgehead atoms. The van der Waals surface area contributed by atoms with Gasteiger partial charge >= 0.3 is 17.9 Å². The molecule has 56 heavy (non-hydrogen) atoms. The number of hydrogen-bond acceptors (Lipinski definition) is 9. The van der Waals surface area contributed by atoms with E-state index in [0.717, 1.165) is 70.6 Å².